The highest BCUT2D eigenvalue weighted by atomic mass is 16.3. The third-order valence-corrected chi connectivity index (χ3v) is 9.43. The summed E-state index contributed by atoms with van der Waals surface area (Å²) in [7, 11) is 0. The molecule has 0 bridgehead atoms. The molecule has 1 aromatic heterocycles. The molecule has 0 saturated carbocycles. The van der Waals surface area contributed by atoms with Gasteiger partial charge in [-0.1, -0.05) is 163 Å². The van der Waals surface area contributed by atoms with Crippen molar-refractivity contribution in [3.05, 3.63) is 193 Å². The van der Waals surface area contributed by atoms with Gasteiger partial charge in [0.25, 0.3) is 0 Å². The van der Waals surface area contributed by atoms with E-state index in [1.807, 2.05) is 78.9 Å². The van der Waals surface area contributed by atoms with Crippen LogP contribution in [0.5, 0.6) is 0 Å². The predicted octanol–water partition coefficient (Wildman–Crippen LogP) is 13.6. The molecule has 0 atom stereocenters. The van der Waals surface area contributed by atoms with E-state index in [2.05, 4.69) is 18.2 Å². The van der Waals surface area contributed by atoms with Crippen molar-refractivity contribution in [2.24, 2.45) is 0 Å². The molecule has 1 nitrogen and oxygen atoms in total. The summed E-state index contributed by atoms with van der Waals surface area (Å²) in [5, 5.41) is 3.32. The van der Waals surface area contributed by atoms with E-state index in [4.69, 9.17) is 16.8 Å². The Kier molecular flexibility index (Phi) is 4.26. The first-order valence-electron chi connectivity index (χ1n) is 22.7. The second-order valence-electron chi connectivity index (χ2n) is 12.2. The molecule has 50 heavy (non-hydrogen) atoms. The Morgan fingerprint density at radius 1 is 0.460 bits per heavy atom. The first kappa shape index (κ1) is 18.4. The highest BCUT2D eigenvalue weighted by Crippen LogP contribution is 2.43. The summed E-state index contributed by atoms with van der Waals surface area (Å²) in [5.41, 5.74) is 5.81. The zero-order chi connectivity index (χ0) is 44.3. The summed E-state index contributed by atoms with van der Waals surface area (Å²) in [6.07, 6.45) is -0.486. The molecule has 0 amide bonds. The lowest BCUT2D eigenvalue weighted by molar-refractivity contribution is 0.670. The molecule has 10 rings (SSSR count). The van der Waals surface area contributed by atoms with E-state index in [1.54, 1.807) is 6.07 Å². The number of rotatable bonds is 5. The average molecular weight is 650 g/mol. The summed E-state index contributed by atoms with van der Waals surface area (Å²) in [6.45, 7) is 0. The zero-order valence-corrected chi connectivity index (χ0v) is 26.4. The van der Waals surface area contributed by atoms with E-state index < -0.39 is 85.0 Å². The van der Waals surface area contributed by atoms with Gasteiger partial charge in [-0.2, -0.15) is 0 Å². The van der Waals surface area contributed by atoms with Gasteiger partial charge >= 0.3 is 0 Å². The number of para-hydroxylation sites is 1. The van der Waals surface area contributed by atoms with Gasteiger partial charge in [-0.05, 0) is 95.9 Å². The lowest BCUT2D eigenvalue weighted by atomic mass is 9.86. The molecule has 0 fully saturated rings. The van der Waals surface area contributed by atoms with E-state index in [0.29, 0.717) is 5.56 Å². The van der Waals surface area contributed by atoms with Gasteiger partial charge in [-0.25, -0.2) is 0 Å². The van der Waals surface area contributed by atoms with Gasteiger partial charge in [0.05, 0.1) is 17.8 Å². The van der Waals surface area contributed by atoms with Crippen molar-refractivity contribution in [3.63, 3.8) is 0 Å². The van der Waals surface area contributed by atoms with E-state index in [1.165, 1.54) is 0 Å². The lowest BCUT2D eigenvalue weighted by Crippen LogP contribution is -1.95. The monoisotopic (exact) mass is 649 g/mol. The van der Waals surface area contributed by atoms with E-state index in [-0.39, 0.29) is 38.2 Å². The van der Waals surface area contributed by atoms with Gasteiger partial charge in [0.2, 0.25) is 0 Å². The molecule has 0 aliphatic heterocycles. The fourth-order valence-electron chi connectivity index (χ4n) is 7.21. The minimum absolute atomic E-state index is 0.0106. The number of furan rings is 1. The van der Waals surface area contributed by atoms with Crippen LogP contribution >= 0.6 is 0 Å². The molecule has 10 aromatic rings. The van der Waals surface area contributed by atoms with Gasteiger partial charge in [-0.15, -0.1) is 0 Å². The number of hydrogen-bond acceptors (Lipinski definition) is 1. The van der Waals surface area contributed by atoms with Crippen LogP contribution in [0.4, 0.5) is 0 Å². The van der Waals surface area contributed by atoms with Gasteiger partial charge in [-0.3, -0.25) is 0 Å². The Labute approximate surface area is 308 Å². The molecule has 234 valence electrons. The Balaban J connectivity index is 1.22. The third kappa shape index (κ3) is 4.63. The van der Waals surface area contributed by atoms with Crippen molar-refractivity contribution >= 4 is 54.3 Å². The van der Waals surface area contributed by atoms with Crippen LogP contribution in [0.3, 0.4) is 0 Å². The molecule has 1 heterocycles. The van der Waals surface area contributed by atoms with Crippen LogP contribution in [-0.4, -0.2) is 0 Å². The van der Waals surface area contributed by atoms with Crippen molar-refractivity contribution in [1.82, 2.24) is 0 Å². The molecule has 9 aromatic carbocycles. The van der Waals surface area contributed by atoms with Crippen molar-refractivity contribution < 1.29 is 22.2 Å². The molecule has 0 aliphatic rings. The van der Waals surface area contributed by atoms with Crippen molar-refractivity contribution in [2.75, 3.05) is 0 Å². The number of hydrogen-bond donors (Lipinski definition) is 0. The maximum Gasteiger partial charge on any atom is 0.143 e. The summed E-state index contributed by atoms with van der Waals surface area (Å²) in [5.74, 6) is 0. The summed E-state index contributed by atoms with van der Waals surface area (Å²) >= 11 is 0. The maximum absolute atomic E-state index is 9.28. The Morgan fingerprint density at radius 3 is 1.82 bits per heavy atom. The fraction of sp³-hybridized carbons (Fsp3) is 0.0204. The fourth-order valence-corrected chi connectivity index (χ4v) is 7.21. The van der Waals surface area contributed by atoms with E-state index >= 15 is 0 Å². The van der Waals surface area contributed by atoms with Crippen molar-refractivity contribution in [3.8, 4) is 33.4 Å². The minimum Gasteiger partial charge on any atom is -0.455 e. The van der Waals surface area contributed by atoms with Crippen LogP contribution in [0.2, 0.25) is 0 Å². The molecular formula is C49H32O. The van der Waals surface area contributed by atoms with Crippen LogP contribution in [0.25, 0.3) is 87.6 Å². The van der Waals surface area contributed by atoms with Crippen molar-refractivity contribution in [2.45, 2.75) is 6.42 Å². The van der Waals surface area contributed by atoms with Gasteiger partial charge in [0.15, 0.2) is 0 Å². The first-order valence-corrected chi connectivity index (χ1v) is 16.2. The summed E-state index contributed by atoms with van der Waals surface area (Å²) < 4.78 is 121. The SMILES string of the molecule is [2H]c1c([2H])c([2H])c(Cc2c3c([2H])c([2H])c([2H])c([2H])c3c(-c3ccc4cc(-c5cccc6oc7c(-c8ccccc8)cccc7c56)ccc4c3)c3c([2H])c([2H])c([2H])c([2H])c23)c([2H])c1[2H]. The first-order chi connectivity index (χ1) is 30.2. The highest BCUT2D eigenvalue weighted by Gasteiger charge is 2.18. The topological polar surface area (TPSA) is 13.1 Å². The van der Waals surface area contributed by atoms with Gasteiger partial charge in [0.1, 0.15) is 11.2 Å². The molecule has 0 radical (unpaired) electrons. The molecule has 1 heteroatoms. The standard InChI is InChI=1S/C49H32O/c1-3-13-32(14-4-1)29-45-40-17-7-9-19-42(40)47(43-20-10-8-18-41(43)45)37-28-26-34-30-36(27-25-35(34)31-37)38-21-12-24-46-48(38)44-23-11-22-39(49(44)50-46)33-15-5-2-6-16-33/h1-28,30-31H,29H2/i1D,3D,4D,7D,8D,9D,10D,13D,14D,17D,18D,19D,20D. The largest absolute Gasteiger partial charge is 0.455 e. The third-order valence-electron chi connectivity index (χ3n) is 9.43. The normalized spacial score (nSPS) is 15.3. The zero-order valence-electron chi connectivity index (χ0n) is 39.4. The summed E-state index contributed by atoms with van der Waals surface area (Å²) in [6, 6.07) is 26.5. The second kappa shape index (κ2) is 11.6. The van der Waals surface area contributed by atoms with E-state index in [9.17, 15) is 5.48 Å². The predicted molar refractivity (Wildman–Crippen MR) is 212 cm³/mol. The second-order valence-corrected chi connectivity index (χ2v) is 12.2. The lowest BCUT2D eigenvalue weighted by Gasteiger charge is -2.18. The van der Waals surface area contributed by atoms with Crippen LogP contribution in [-0.2, 0) is 6.42 Å². The maximum atomic E-state index is 9.28. The number of fused-ring (bicyclic) bond motifs is 6. The van der Waals surface area contributed by atoms with Crippen LogP contribution < -0.4 is 0 Å². The average Bonchev–Trinajstić information content (AvgIpc) is 3.70. The van der Waals surface area contributed by atoms with Gasteiger partial charge in [0, 0.05) is 16.3 Å². The quantitative estimate of drug-likeness (QED) is 0.169. The van der Waals surface area contributed by atoms with Crippen LogP contribution in [0, 0.1) is 0 Å². The Hall–Kier alpha value is -6.44. The summed E-state index contributed by atoms with van der Waals surface area (Å²) in [4.78, 5) is 0. The van der Waals surface area contributed by atoms with Gasteiger partial charge < -0.3 is 4.42 Å². The Bertz CT molecular complexity index is 3520. The molecule has 0 aliphatic carbocycles. The number of benzene rings is 9. The molecule has 0 spiro atoms. The van der Waals surface area contributed by atoms with E-state index in [0.717, 1.165) is 55.0 Å². The van der Waals surface area contributed by atoms with Crippen LogP contribution in [0.15, 0.2) is 186 Å². The van der Waals surface area contributed by atoms with Crippen molar-refractivity contribution in [1.29, 1.82) is 0 Å². The molecule has 0 unspecified atom stereocenters. The highest BCUT2D eigenvalue weighted by molar-refractivity contribution is 6.17. The van der Waals surface area contributed by atoms with Crippen LogP contribution in [0.1, 0.15) is 28.9 Å². The smallest absolute Gasteiger partial charge is 0.143 e. The molecule has 0 N–H and O–H groups in total. The minimum atomic E-state index is -0.615. The molecular weight excluding hydrogens is 605 g/mol. The molecule has 0 saturated heterocycles. The Morgan fingerprint density at radius 2 is 1.08 bits per heavy atom.